The van der Waals surface area contributed by atoms with Crippen molar-refractivity contribution in [1.82, 2.24) is 0 Å². The van der Waals surface area contributed by atoms with Crippen LogP contribution in [0.25, 0.3) is 5.57 Å². The van der Waals surface area contributed by atoms with E-state index in [9.17, 15) is 0 Å². The minimum atomic E-state index is 0.0326. The van der Waals surface area contributed by atoms with Crippen molar-refractivity contribution in [3.63, 3.8) is 0 Å². The van der Waals surface area contributed by atoms with Crippen LogP contribution in [0, 0.1) is 0 Å². The van der Waals surface area contributed by atoms with E-state index in [-0.39, 0.29) is 10.8 Å². The maximum absolute atomic E-state index is 6.34. The molecule has 142 valence electrons. The Morgan fingerprint density at radius 3 is 1.44 bits per heavy atom. The van der Waals surface area contributed by atoms with Crippen molar-refractivity contribution in [1.29, 1.82) is 0 Å². The summed E-state index contributed by atoms with van der Waals surface area (Å²) in [7, 11) is 0. The van der Waals surface area contributed by atoms with Crippen LogP contribution >= 0.6 is 0 Å². The van der Waals surface area contributed by atoms with Crippen molar-refractivity contribution in [2.75, 3.05) is 6.61 Å². The molecule has 0 aromatic heterocycles. The van der Waals surface area contributed by atoms with E-state index in [0.717, 1.165) is 25.0 Å². The lowest BCUT2D eigenvalue weighted by atomic mass is 9.71. The number of hydrogen-bond acceptors (Lipinski definition) is 1. The topological polar surface area (TPSA) is 9.23 Å². The summed E-state index contributed by atoms with van der Waals surface area (Å²) in [5.74, 6) is 1.13. The van der Waals surface area contributed by atoms with Crippen LogP contribution in [-0.2, 0) is 23.7 Å². The van der Waals surface area contributed by atoms with Crippen LogP contribution in [0.2, 0.25) is 0 Å². The minimum Gasteiger partial charge on any atom is -0.493 e. The third kappa shape index (κ3) is 4.30. The van der Waals surface area contributed by atoms with Crippen molar-refractivity contribution in [2.45, 2.75) is 99.3 Å². The molecule has 0 aliphatic carbocycles. The Balaban J connectivity index is 4.23. The molecule has 0 fully saturated rings. The largest absolute Gasteiger partial charge is 0.493 e. The third-order valence-corrected chi connectivity index (χ3v) is 4.94. The van der Waals surface area contributed by atoms with E-state index >= 15 is 0 Å². The van der Waals surface area contributed by atoms with Gasteiger partial charge in [-0.2, -0.15) is 0 Å². The molecule has 0 aliphatic rings. The molecule has 0 amide bonds. The van der Waals surface area contributed by atoms with Gasteiger partial charge in [-0.1, -0.05) is 68.9 Å². The van der Waals surface area contributed by atoms with Gasteiger partial charge in [0, 0.05) is 11.1 Å². The summed E-state index contributed by atoms with van der Waals surface area (Å²) in [6.45, 7) is 27.8. The summed E-state index contributed by atoms with van der Waals surface area (Å²) < 4.78 is 6.34. The van der Waals surface area contributed by atoms with E-state index in [2.05, 4.69) is 75.8 Å². The molecular weight excluding hydrogens is 304 g/mol. The highest BCUT2D eigenvalue weighted by molar-refractivity contribution is 5.75. The van der Waals surface area contributed by atoms with E-state index in [1.807, 2.05) is 0 Å². The van der Waals surface area contributed by atoms with Crippen molar-refractivity contribution in [3.05, 3.63) is 34.4 Å². The fourth-order valence-corrected chi connectivity index (χ4v) is 4.02. The lowest BCUT2D eigenvalue weighted by Crippen LogP contribution is -2.25. The molecule has 0 radical (unpaired) electrons. The van der Waals surface area contributed by atoms with Crippen molar-refractivity contribution in [3.8, 4) is 5.75 Å². The highest BCUT2D eigenvalue weighted by Gasteiger charge is 2.34. The predicted molar refractivity (Wildman–Crippen MR) is 113 cm³/mol. The Bertz CT molecular complexity index is 578. The number of allylic oxidation sites excluding steroid dienone is 1. The monoisotopic (exact) mass is 344 g/mol. The molecule has 0 unspecified atom stereocenters. The van der Waals surface area contributed by atoms with E-state index in [1.54, 1.807) is 0 Å². The van der Waals surface area contributed by atoms with Crippen molar-refractivity contribution < 1.29 is 4.74 Å². The zero-order valence-corrected chi connectivity index (χ0v) is 18.4. The Kier molecular flexibility index (Phi) is 6.95. The average molecular weight is 345 g/mol. The molecule has 0 spiro atoms. The van der Waals surface area contributed by atoms with Crippen molar-refractivity contribution in [2.24, 2.45) is 0 Å². The van der Waals surface area contributed by atoms with Gasteiger partial charge in [-0.05, 0) is 59.3 Å². The molecule has 0 atom stereocenters. The molecule has 1 rings (SSSR count). The minimum absolute atomic E-state index is 0.0326. The van der Waals surface area contributed by atoms with E-state index in [0.29, 0.717) is 6.61 Å². The molecule has 1 aromatic carbocycles. The summed E-state index contributed by atoms with van der Waals surface area (Å²) in [6, 6.07) is 0. The predicted octanol–water partition coefficient (Wildman–Crippen LogP) is 7.23. The van der Waals surface area contributed by atoms with Crippen LogP contribution in [0.1, 0.15) is 103 Å². The molecule has 1 heteroatoms. The molecule has 0 aliphatic heterocycles. The second kappa shape index (κ2) is 7.98. The fraction of sp³-hybridized carbons (Fsp3) is 0.667. The molecular formula is C24H40O. The van der Waals surface area contributed by atoms with Gasteiger partial charge in [-0.25, -0.2) is 0 Å². The number of benzene rings is 1. The van der Waals surface area contributed by atoms with Gasteiger partial charge in [0.25, 0.3) is 0 Å². The van der Waals surface area contributed by atoms with Gasteiger partial charge in [0.05, 0.1) is 6.61 Å². The summed E-state index contributed by atoms with van der Waals surface area (Å²) in [5.41, 5.74) is 8.36. The fourth-order valence-electron chi connectivity index (χ4n) is 4.02. The molecule has 25 heavy (non-hydrogen) atoms. The highest BCUT2D eigenvalue weighted by Crippen LogP contribution is 2.48. The van der Waals surface area contributed by atoms with Gasteiger partial charge in [0.1, 0.15) is 5.75 Å². The van der Waals surface area contributed by atoms with Gasteiger partial charge >= 0.3 is 0 Å². The van der Waals surface area contributed by atoms with Crippen LogP contribution in [0.3, 0.4) is 0 Å². The summed E-state index contributed by atoms with van der Waals surface area (Å²) in [4.78, 5) is 0. The van der Waals surface area contributed by atoms with Gasteiger partial charge < -0.3 is 4.74 Å². The SMILES string of the molecule is C=C(CC)c1c(CC)c(C(C)(C)C)c(OCC)c(C(C)(C)C)c1CC. The van der Waals surface area contributed by atoms with Crippen LogP contribution in [-0.4, -0.2) is 6.61 Å². The Hall–Kier alpha value is -1.24. The zero-order chi connectivity index (χ0) is 19.6. The van der Waals surface area contributed by atoms with Crippen LogP contribution in [0.15, 0.2) is 6.58 Å². The van der Waals surface area contributed by atoms with Gasteiger partial charge in [0.15, 0.2) is 0 Å². The lowest BCUT2D eigenvalue weighted by molar-refractivity contribution is 0.318. The summed E-state index contributed by atoms with van der Waals surface area (Å²) in [5, 5.41) is 0. The summed E-state index contributed by atoms with van der Waals surface area (Å²) in [6.07, 6.45) is 3.01. The van der Waals surface area contributed by atoms with Crippen LogP contribution in [0.4, 0.5) is 0 Å². The maximum Gasteiger partial charge on any atom is 0.127 e. The quantitative estimate of drug-likeness (QED) is 0.529. The smallest absolute Gasteiger partial charge is 0.127 e. The van der Waals surface area contributed by atoms with Crippen LogP contribution in [0.5, 0.6) is 5.75 Å². The van der Waals surface area contributed by atoms with Crippen LogP contribution < -0.4 is 4.74 Å². The Morgan fingerprint density at radius 1 is 0.800 bits per heavy atom. The first-order valence-electron chi connectivity index (χ1n) is 9.99. The second-order valence-corrected chi connectivity index (χ2v) is 9.01. The first kappa shape index (κ1) is 21.8. The highest BCUT2D eigenvalue weighted by atomic mass is 16.5. The second-order valence-electron chi connectivity index (χ2n) is 9.01. The number of rotatable bonds is 6. The average Bonchev–Trinajstić information content (AvgIpc) is 2.50. The standard InChI is InChI=1S/C24H40O/c1-12-16(5)19-17(13-2)20(23(6,7)8)22(25-15-4)21(18(19)14-3)24(9,10)11/h5,12-15H2,1-4,6-11H3. The molecule has 0 bridgehead atoms. The molecule has 0 N–H and O–H groups in total. The van der Waals surface area contributed by atoms with Crippen molar-refractivity contribution >= 4 is 5.57 Å². The first-order chi connectivity index (χ1) is 11.4. The lowest BCUT2D eigenvalue weighted by Gasteiger charge is -2.36. The normalized spacial score (nSPS) is 12.4. The molecule has 1 aromatic rings. The maximum atomic E-state index is 6.34. The molecule has 0 saturated heterocycles. The first-order valence-corrected chi connectivity index (χ1v) is 9.99. The molecule has 1 nitrogen and oxygen atoms in total. The zero-order valence-electron chi connectivity index (χ0n) is 18.4. The van der Waals surface area contributed by atoms with Gasteiger partial charge in [0.2, 0.25) is 0 Å². The van der Waals surface area contributed by atoms with Gasteiger partial charge in [-0.3, -0.25) is 0 Å². The number of ether oxygens (including phenoxy) is 1. The van der Waals surface area contributed by atoms with E-state index < -0.39 is 0 Å². The molecule has 0 saturated carbocycles. The van der Waals surface area contributed by atoms with E-state index in [1.165, 1.54) is 33.4 Å². The molecule has 0 heterocycles. The Labute approximate surface area is 156 Å². The Morgan fingerprint density at radius 2 is 1.20 bits per heavy atom. The summed E-state index contributed by atoms with van der Waals surface area (Å²) >= 11 is 0. The van der Waals surface area contributed by atoms with E-state index in [4.69, 9.17) is 4.74 Å². The third-order valence-electron chi connectivity index (χ3n) is 4.94. The van der Waals surface area contributed by atoms with Gasteiger partial charge in [-0.15, -0.1) is 0 Å². The number of hydrogen-bond donors (Lipinski definition) is 0.